The second kappa shape index (κ2) is 8.17. The van der Waals surface area contributed by atoms with Gasteiger partial charge in [0.25, 0.3) is 0 Å². The average molecular weight is 321 g/mol. The highest BCUT2D eigenvalue weighted by Gasteiger charge is 2.16. The summed E-state index contributed by atoms with van der Waals surface area (Å²) in [5.41, 5.74) is 0.182. The largest absolute Gasteiger partial charge is 0.444 e. The lowest BCUT2D eigenvalue weighted by Gasteiger charge is -2.19. The van der Waals surface area contributed by atoms with Gasteiger partial charge in [-0.1, -0.05) is 0 Å². The highest BCUT2D eigenvalue weighted by Crippen LogP contribution is 2.11. The minimum atomic E-state index is -0.572. The van der Waals surface area contributed by atoms with E-state index in [0.29, 0.717) is 18.8 Å². The van der Waals surface area contributed by atoms with Crippen molar-refractivity contribution in [3.8, 4) is 6.07 Å². The van der Waals surface area contributed by atoms with Crippen LogP contribution in [0, 0.1) is 18.3 Å². The number of aromatic nitrogens is 2. The molecule has 0 aliphatic rings. The van der Waals surface area contributed by atoms with Gasteiger partial charge >= 0.3 is 6.09 Å². The summed E-state index contributed by atoms with van der Waals surface area (Å²) >= 11 is 0. The first-order valence-electron chi connectivity index (χ1n) is 7.39. The number of hydrogen-bond donors (Lipinski definition) is 2. The van der Waals surface area contributed by atoms with Crippen LogP contribution in [-0.4, -0.2) is 33.9 Å². The number of carbonyl (C=O) groups excluding carboxylic acids is 2. The molecule has 0 aromatic carbocycles. The van der Waals surface area contributed by atoms with E-state index in [2.05, 4.69) is 15.7 Å². The summed E-state index contributed by atoms with van der Waals surface area (Å²) in [6.45, 7) is 7.70. The van der Waals surface area contributed by atoms with E-state index in [1.54, 1.807) is 31.5 Å². The van der Waals surface area contributed by atoms with Crippen LogP contribution in [0.15, 0.2) is 6.07 Å². The number of alkyl carbamates (subject to hydrolysis) is 1. The van der Waals surface area contributed by atoms with Gasteiger partial charge < -0.3 is 15.4 Å². The van der Waals surface area contributed by atoms with Gasteiger partial charge in [0, 0.05) is 19.0 Å². The summed E-state index contributed by atoms with van der Waals surface area (Å²) in [5.74, 6) is 0.291. The zero-order valence-electron chi connectivity index (χ0n) is 14.0. The molecule has 23 heavy (non-hydrogen) atoms. The first-order valence-corrected chi connectivity index (χ1v) is 7.39. The van der Waals surface area contributed by atoms with Gasteiger partial charge in [0.1, 0.15) is 11.4 Å². The quantitative estimate of drug-likeness (QED) is 0.832. The molecule has 126 valence electrons. The van der Waals surface area contributed by atoms with E-state index in [0.717, 1.165) is 5.69 Å². The van der Waals surface area contributed by atoms with Crippen molar-refractivity contribution < 1.29 is 14.3 Å². The lowest BCUT2D eigenvalue weighted by molar-refractivity contribution is -0.116. The molecule has 0 fully saturated rings. The zero-order chi connectivity index (χ0) is 17.5. The smallest absolute Gasteiger partial charge is 0.407 e. The number of amides is 2. The molecule has 0 aliphatic heterocycles. The van der Waals surface area contributed by atoms with Crippen LogP contribution in [0.2, 0.25) is 0 Å². The SMILES string of the molecule is Cc1cc(NC(=O)CCNC(=O)OC(C)(C)C)n(CCC#N)n1. The van der Waals surface area contributed by atoms with Gasteiger partial charge in [-0.25, -0.2) is 9.48 Å². The Morgan fingerprint density at radius 1 is 1.43 bits per heavy atom. The average Bonchev–Trinajstić information content (AvgIpc) is 2.74. The third-order valence-corrected chi connectivity index (χ3v) is 2.63. The van der Waals surface area contributed by atoms with Gasteiger partial charge in [-0.05, 0) is 27.7 Å². The maximum Gasteiger partial charge on any atom is 0.407 e. The van der Waals surface area contributed by atoms with Crippen LogP contribution < -0.4 is 10.6 Å². The van der Waals surface area contributed by atoms with Gasteiger partial charge in [0.2, 0.25) is 5.91 Å². The van der Waals surface area contributed by atoms with E-state index in [-0.39, 0.29) is 18.9 Å². The third kappa shape index (κ3) is 7.31. The molecule has 0 atom stereocenters. The molecular weight excluding hydrogens is 298 g/mol. The highest BCUT2D eigenvalue weighted by molar-refractivity contribution is 5.90. The van der Waals surface area contributed by atoms with Crippen molar-refractivity contribution in [2.45, 2.75) is 52.7 Å². The fourth-order valence-corrected chi connectivity index (χ4v) is 1.77. The maximum atomic E-state index is 11.9. The summed E-state index contributed by atoms with van der Waals surface area (Å²) in [6, 6.07) is 3.77. The Kier molecular flexibility index (Phi) is 6.57. The Hall–Kier alpha value is -2.56. The molecule has 0 unspecified atom stereocenters. The third-order valence-electron chi connectivity index (χ3n) is 2.63. The number of nitrogens with one attached hydrogen (secondary N) is 2. The van der Waals surface area contributed by atoms with Crippen LogP contribution in [-0.2, 0) is 16.1 Å². The molecule has 0 saturated carbocycles. The second-order valence-electron chi connectivity index (χ2n) is 6.03. The fraction of sp³-hybridized carbons (Fsp3) is 0.600. The Bertz CT molecular complexity index is 595. The molecule has 1 aromatic rings. The van der Waals surface area contributed by atoms with E-state index >= 15 is 0 Å². The van der Waals surface area contributed by atoms with E-state index in [4.69, 9.17) is 10.00 Å². The Morgan fingerprint density at radius 3 is 2.74 bits per heavy atom. The van der Waals surface area contributed by atoms with Gasteiger partial charge in [0.05, 0.1) is 24.7 Å². The molecular formula is C15H23N5O3. The van der Waals surface area contributed by atoms with Crippen LogP contribution in [0.25, 0.3) is 0 Å². The molecule has 8 nitrogen and oxygen atoms in total. The number of hydrogen-bond acceptors (Lipinski definition) is 5. The summed E-state index contributed by atoms with van der Waals surface area (Å²) in [4.78, 5) is 23.4. The molecule has 1 rings (SSSR count). The van der Waals surface area contributed by atoms with Crippen LogP contribution in [0.1, 0.15) is 39.3 Å². The van der Waals surface area contributed by atoms with Crippen LogP contribution in [0.5, 0.6) is 0 Å². The number of rotatable bonds is 6. The van der Waals surface area contributed by atoms with E-state index in [1.807, 2.05) is 13.0 Å². The second-order valence-corrected chi connectivity index (χ2v) is 6.03. The van der Waals surface area contributed by atoms with Crippen molar-refractivity contribution in [1.29, 1.82) is 5.26 Å². The first kappa shape index (κ1) is 18.5. The van der Waals surface area contributed by atoms with Crippen LogP contribution in [0.3, 0.4) is 0 Å². The zero-order valence-corrected chi connectivity index (χ0v) is 14.0. The van der Waals surface area contributed by atoms with Crippen molar-refractivity contribution >= 4 is 17.8 Å². The van der Waals surface area contributed by atoms with Gasteiger partial charge in [0.15, 0.2) is 0 Å². The highest BCUT2D eigenvalue weighted by atomic mass is 16.6. The van der Waals surface area contributed by atoms with Gasteiger partial charge in [-0.3, -0.25) is 4.79 Å². The van der Waals surface area contributed by atoms with Crippen LogP contribution in [0.4, 0.5) is 10.6 Å². The van der Waals surface area contributed by atoms with E-state index in [9.17, 15) is 9.59 Å². The first-order chi connectivity index (χ1) is 10.7. The summed E-state index contributed by atoms with van der Waals surface area (Å²) in [6.07, 6.45) is -0.133. The predicted molar refractivity (Wildman–Crippen MR) is 84.7 cm³/mol. The topological polar surface area (TPSA) is 109 Å². The number of nitriles is 1. The van der Waals surface area contributed by atoms with Crippen molar-refractivity contribution in [1.82, 2.24) is 15.1 Å². The Balaban J connectivity index is 2.43. The van der Waals surface area contributed by atoms with Crippen LogP contribution >= 0.6 is 0 Å². The minimum absolute atomic E-state index is 0.113. The molecule has 0 spiro atoms. The molecule has 0 radical (unpaired) electrons. The number of aryl methyl sites for hydroxylation is 2. The predicted octanol–water partition coefficient (Wildman–Crippen LogP) is 1.96. The van der Waals surface area contributed by atoms with Crippen molar-refractivity contribution in [3.05, 3.63) is 11.8 Å². The number of nitrogens with zero attached hydrogens (tertiary/aromatic N) is 3. The molecule has 0 bridgehead atoms. The Morgan fingerprint density at radius 2 is 2.13 bits per heavy atom. The molecule has 0 aliphatic carbocycles. The molecule has 0 saturated heterocycles. The van der Waals surface area contributed by atoms with E-state index < -0.39 is 11.7 Å². The molecule has 1 aromatic heterocycles. The number of carbonyl (C=O) groups is 2. The van der Waals surface area contributed by atoms with Crippen molar-refractivity contribution in [3.63, 3.8) is 0 Å². The summed E-state index contributed by atoms with van der Waals surface area (Å²) in [5, 5.41) is 18.1. The summed E-state index contributed by atoms with van der Waals surface area (Å²) < 4.78 is 6.66. The minimum Gasteiger partial charge on any atom is -0.444 e. The normalized spacial score (nSPS) is 10.7. The molecule has 2 amide bonds. The van der Waals surface area contributed by atoms with Crippen molar-refractivity contribution in [2.24, 2.45) is 0 Å². The fourth-order valence-electron chi connectivity index (χ4n) is 1.77. The molecule has 2 N–H and O–H groups in total. The standard InChI is InChI=1S/C15H23N5O3/c1-11-10-12(20(19-11)9-5-7-16)18-13(21)6-8-17-14(22)23-15(2,3)4/h10H,5-6,8-9H2,1-4H3,(H,17,22)(H,18,21). The molecule has 1 heterocycles. The lowest BCUT2D eigenvalue weighted by Crippen LogP contribution is -2.34. The lowest BCUT2D eigenvalue weighted by atomic mass is 10.2. The number of ether oxygens (including phenoxy) is 1. The van der Waals surface area contributed by atoms with Gasteiger partial charge in [-0.15, -0.1) is 0 Å². The Labute approximate surface area is 135 Å². The van der Waals surface area contributed by atoms with Crippen molar-refractivity contribution in [2.75, 3.05) is 11.9 Å². The maximum absolute atomic E-state index is 11.9. The summed E-state index contributed by atoms with van der Waals surface area (Å²) in [7, 11) is 0. The van der Waals surface area contributed by atoms with Gasteiger partial charge in [-0.2, -0.15) is 10.4 Å². The molecule has 8 heteroatoms. The van der Waals surface area contributed by atoms with E-state index in [1.165, 1.54) is 0 Å². The number of anilines is 1. The monoisotopic (exact) mass is 321 g/mol.